The Morgan fingerprint density at radius 3 is 2.44 bits per heavy atom. The highest BCUT2D eigenvalue weighted by Crippen LogP contribution is 2.61. The number of aromatic nitrogens is 1. The molecule has 1 aromatic heterocycles. The number of allylic oxidation sites excluding steroid dienone is 2. The second-order valence-electron chi connectivity index (χ2n) is 12.9. The summed E-state index contributed by atoms with van der Waals surface area (Å²) in [4.78, 5) is 18.0. The lowest BCUT2D eigenvalue weighted by atomic mass is 9.49. The topological polar surface area (TPSA) is 66.0 Å². The molecule has 0 spiro atoms. The Morgan fingerprint density at radius 1 is 0.917 bits per heavy atom. The third-order valence-electron chi connectivity index (χ3n) is 10.1. The summed E-state index contributed by atoms with van der Waals surface area (Å²) in [7, 11) is 0. The first-order valence-electron chi connectivity index (χ1n) is 14.4. The maximum Gasteiger partial charge on any atom is 0.224 e. The smallest absolute Gasteiger partial charge is 0.224 e. The van der Waals surface area contributed by atoms with Crippen molar-refractivity contribution in [2.75, 3.05) is 30.3 Å². The summed E-state index contributed by atoms with van der Waals surface area (Å²) in [5.41, 5.74) is 2.08. The Balaban J connectivity index is 0.935. The number of amides is 1. The number of benzene rings is 1. The van der Waals surface area contributed by atoms with Crippen molar-refractivity contribution >= 4 is 28.3 Å². The molecule has 5 heteroatoms. The van der Waals surface area contributed by atoms with Crippen LogP contribution in [0.4, 0.5) is 11.5 Å². The zero-order valence-corrected chi connectivity index (χ0v) is 21.3. The van der Waals surface area contributed by atoms with Crippen LogP contribution in [0.1, 0.15) is 57.8 Å². The van der Waals surface area contributed by atoms with E-state index in [1.807, 2.05) is 24.3 Å². The number of anilines is 2. The van der Waals surface area contributed by atoms with Gasteiger partial charge in [-0.1, -0.05) is 18.2 Å². The Labute approximate surface area is 214 Å². The van der Waals surface area contributed by atoms with Crippen LogP contribution in [-0.4, -0.2) is 30.5 Å². The van der Waals surface area contributed by atoms with Crippen LogP contribution in [-0.2, 0) is 4.79 Å². The minimum absolute atomic E-state index is 0.184. The SMILES string of the molecule is O=C(CC12CC3CC(CC(C3)C1)C2)Nc1cccc2nc(NCCNCC3CC4C=CC3C4)ccc12. The maximum absolute atomic E-state index is 13.2. The number of carbonyl (C=O) groups excluding carboxylic acids is 1. The van der Waals surface area contributed by atoms with Crippen molar-refractivity contribution in [2.45, 2.75) is 57.8 Å². The molecule has 3 atom stereocenters. The second-order valence-corrected chi connectivity index (χ2v) is 12.9. The number of nitrogens with zero attached hydrogens (tertiary/aromatic N) is 1. The average molecular weight is 485 g/mol. The summed E-state index contributed by atoms with van der Waals surface area (Å²) in [5.74, 6) is 6.17. The molecule has 36 heavy (non-hydrogen) atoms. The van der Waals surface area contributed by atoms with Crippen LogP contribution in [0.3, 0.4) is 0 Å². The van der Waals surface area contributed by atoms with Gasteiger partial charge in [-0.25, -0.2) is 4.98 Å². The van der Waals surface area contributed by atoms with Gasteiger partial charge in [0.25, 0.3) is 0 Å². The van der Waals surface area contributed by atoms with Gasteiger partial charge in [-0.15, -0.1) is 0 Å². The lowest BCUT2D eigenvalue weighted by Crippen LogP contribution is -2.47. The fourth-order valence-corrected chi connectivity index (χ4v) is 9.10. The summed E-state index contributed by atoms with van der Waals surface area (Å²) in [6.07, 6.45) is 16.3. The highest BCUT2D eigenvalue weighted by atomic mass is 16.1. The van der Waals surface area contributed by atoms with Gasteiger partial charge in [0.15, 0.2) is 0 Å². The zero-order chi connectivity index (χ0) is 24.1. The van der Waals surface area contributed by atoms with Crippen molar-refractivity contribution in [1.82, 2.24) is 10.3 Å². The van der Waals surface area contributed by atoms with Gasteiger partial charge in [0.1, 0.15) is 5.82 Å². The molecule has 5 saturated carbocycles. The maximum atomic E-state index is 13.2. The first kappa shape index (κ1) is 22.8. The fraction of sp³-hybridized carbons (Fsp3) is 0.613. The van der Waals surface area contributed by atoms with Crippen LogP contribution >= 0.6 is 0 Å². The minimum Gasteiger partial charge on any atom is -0.369 e. The molecule has 1 heterocycles. The number of nitrogens with one attached hydrogen (secondary N) is 3. The molecule has 0 radical (unpaired) electrons. The van der Waals surface area contributed by atoms with Crippen molar-refractivity contribution in [1.29, 1.82) is 0 Å². The van der Waals surface area contributed by atoms with E-state index < -0.39 is 0 Å². The number of hydrogen-bond acceptors (Lipinski definition) is 4. The van der Waals surface area contributed by atoms with E-state index in [0.717, 1.165) is 77.5 Å². The predicted molar refractivity (Wildman–Crippen MR) is 146 cm³/mol. The molecule has 8 rings (SSSR count). The van der Waals surface area contributed by atoms with Crippen molar-refractivity contribution in [2.24, 2.45) is 40.9 Å². The molecule has 1 amide bonds. The number of fused-ring (bicyclic) bond motifs is 3. The summed E-state index contributed by atoms with van der Waals surface area (Å²) in [6.45, 7) is 2.92. The number of carbonyl (C=O) groups is 1. The molecule has 5 nitrogen and oxygen atoms in total. The van der Waals surface area contributed by atoms with E-state index in [0.29, 0.717) is 6.42 Å². The Bertz CT molecular complexity index is 1140. The van der Waals surface area contributed by atoms with Crippen molar-refractivity contribution in [3.63, 3.8) is 0 Å². The largest absolute Gasteiger partial charge is 0.369 e. The summed E-state index contributed by atoms with van der Waals surface area (Å²) in [6, 6.07) is 10.2. The van der Waals surface area contributed by atoms with Gasteiger partial charge in [0.05, 0.1) is 11.2 Å². The standard InChI is InChI=1S/C31H40N4O/c36-30(18-31-15-21-10-22(16-31)12-23(11-21)17-31)35-28-3-1-2-27-26(28)6-7-29(34-27)33-9-8-32-19-25-14-20-4-5-24(25)13-20/h1-7,20-25,32H,8-19H2,(H,33,34)(H,35,36). The monoisotopic (exact) mass is 484 g/mol. The highest BCUT2D eigenvalue weighted by molar-refractivity contribution is 6.01. The Kier molecular flexibility index (Phi) is 5.80. The highest BCUT2D eigenvalue weighted by Gasteiger charge is 2.51. The number of hydrogen-bond donors (Lipinski definition) is 3. The van der Waals surface area contributed by atoms with E-state index in [4.69, 9.17) is 4.98 Å². The molecule has 1 aromatic carbocycles. The normalized spacial score (nSPS) is 35.6. The predicted octanol–water partition coefficient (Wildman–Crippen LogP) is 5.99. The minimum atomic E-state index is 0.184. The Hall–Kier alpha value is -2.40. The third kappa shape index (κ3) is 4.44. The van der Waals surface area contributed by atoms with Gasteiger partial charge in [-0.3, -0.25) is 4.79 Å². The van der Waals surface area contributed by atoms with E-state index in [-0.39, 0.29) is 11.3 Å². The van der Waals surface area contributed by atoms with Crippen LogP contribution in [0.5, 0.6) is 0 Å². The summed E-state index contributed by atoms with van der Waals surface area (Å²) >= 11 is 0. The summed E-state index contributed by atoms with van der Waals surface area (Å²) < 4.78 is 0. The first-order chi connectivity index (χ1) is 17.6. The first-order valence-corrected chi connectivity index (χ1v) is 14.4. The quantitative estimate of drug-likeness (QED) is 0.302. The van der Waals surface area contributed by atoms with Gasteiger partial charge in [-0.05, 0) is 123 Å². The average Bonchev–Trinajstić information content (AvgIpc) is 3.46. The molecule has 3 N–H and O–H groups in total. The Morgan fingerprint density at radius 2 is 1.72 bits per heavy atom. The van der Waals surface area contributed by atoms with Crippen LogP contribution in [0.2, 0.25) is 0 Å². The van der Waals surface area contributed by atoms with Gasteiger partial charge >= 0.3 is 0 Å². The molecule has 2 aromatic rings. The van der Waals surface area contributed by atoms with E-state index in [9.17, 15) is 4.79 Å². The van der Waals surface area contributed by atoms with Gasteiger partial charge < -0.3 is 16.0 Å². The van der Waals surface area contributed by atoms with E-state index in [2.05, 4.69) is 34.2 Å². The third-order valence-corrected chi connectivity index (χ3v) is 10.1. The molecule has 0 aliphatic heterocycles. The van der Waals surface area contributed by atoms with Crippen LogP contribution in [0.15, 0.2) is 42.5 Å². The van der Waals surface area contributed by atoms with Crippen molar-refractivity contribution < 1.29 is 4.79 Å². The molecule has 190 valence electrons. The van der Waals surface area contributed by atoms with Crippen LogP contribution < -0.4 is 16.0 Å². The van der Waals surface area contributed by atoms with E-state index in [1.54, 1.807) is 0 Å². The van der Waals surface area contributed by atoms with Crippen molar-refractivity contribution in [3.05, 3.63) is 42.5 Å². The molecule has 5 fully saturated rings. The van der Waals surface area contributed by atoms with Gasteiger partial charge in [-0.2, -0.15) is 0 Å². The molecule has 3 unspecified atom stereocenters. The fourth-order valence-electron chi connectivity index (χ4n) is 9.10. The van der Waals surface area contributed by atoms with Crippen molar-refractivity contribution in [3.8, 4) is 0 Å². The second kappa shape index (κ2) is 9.16. The van der Waals surface area contributed by atoms with Gasteiger partial charge in [0, 0.05) is 24.9 Å². The number of pyridine rings is 1. The molecule has 6 aliphatic carbocycles. The van der Waals surface area contributed by atoms with Crippen LogP contribution in [0, 0.1) is 40.9 Å². The molecular weight excluding hydrogens is 444 g/mol. The van der Waals surface area contributed by atoms with Crippen LogP contribution in [0.25, 0.3) is 10.9 Å². The number of rotatable bonds is 9. The lowest BCUT2D eigenvalue weighted by molar-refractivity contribution is -0.124. The lowest BCUT2D eigenvalue weighted by Gasteiger charge is -2.56. The summed E-state index contributed by atoms with van der Waals surface area (Å²) in [5, 5.41) is 11.4. The molecular formula is C31H40N4O. The van der Waals surface area contributed by atoms with E-state index >= 15 is 0 Å². The molecule has 6 bridgehead atoms. The van der Waals surface area contributed by atoms with E-state index in [1.165, 1.54) is 51.4 Å². The molecule has 6 aliphatic rings. The van der Waals surface area contributed by atoms with Gasteiger partial charge in [0.2, 0.25) is 5.91 Å². The molecule has 0 saturated heterocycles. The zero-order valence-electron chi connectivity index (χ0n) is 21.3.